The Kier molecular flexibility index (Phi) is 6.19. The molecule has 0 radical (unpaired) electrons. The predicted molar refractivity (Wildman–Crippen MR) is 142 cm³/mol. The topological polar surface area (TPSA) is 107 Å². The molecule has 2 aliphatic heterocycles. The lowest BCUT2D eigenvalue weighted by molar-refractivity contribution is -0.117. The van der Waals surface area contributed by atoms with Crippen LogP contribution in [-0.4, -0.2) is 56.4 Å². The van der Waals surface area contributed by atoms with Crippen molar-refractivity contribution in [1.82, 2.24) is 24.8 Å². The highest BCUT2D eigenvalue weighted by Crippen LogP contribution is 2.27. The van der Waals surface area contributed by atoms with E-state index in [-0.39, 0.29) is 11.9 Å². The van der Waals surface area contributed by atoms with Gasteiger partial charge in [-0.05, 0) is 24.6 Å². The van der Waals surface area contributed by atoms with Crippen LogP contribution in [0.4, 0.5) is 27.7 Å². The summed E-state index contributed by atoms with van der Waals surface area (Å²) < 4.78 is 0. The summed E-state index contributed by atoms with van der Waals surface area (Å²) in [5.74, 6) is 0.739. The van der Waals surface area contributed by atoms with E-state index in [4.69, 9.17) is 0 Å². The molecule has 1 N–H and O–H groups in total. The van der Waals surface area contributed by atoms with E-state index < -0.39 is 0 Å². The largest absolute Gasteiger partial charge is 0.338 e. The average Bonchev–Trinajstić information content (AvgIpc) is 3.68. The van der Waals surface area contributed by atoms with Crippen molar-refractivity contribution in [3.8, 4) is 11.3 Å². The second-order valence-corrected chi connectivity index (χ2v) is 9.59. The maximum atomic E-state index is 12.9. The Balaban J connectivity index is 1.11. The molecule has 0 atom stereocenters. The first-order chi connectivity index (χ1) is 18.1. The van der Waals surface area contributed by atoms with Gasteiger partial charge in [0, 0.05) is 42.7 Å². The highest BCUT2D eigenvalue weighted by atomic mass is 32.1. The Morgan fingerprint density at radius 1 is 0.892 bits per heavy atom. The fraction of sp³-hybridized carbons (Fsp3) is 0.231. The molecule has 6 rings (SSSR count). The number of anilines is 4. The maximum Gasteiger partial charge on any atom is 0.325 e. The Bertz CT molecular complexity index is 1410. The van der Waals surface area contributed by atoms with Gasteiger partial charge in [-0.3, -0.25) is 19.7 Å². The summed E-state index contributed by atoms with van der Waals surface area (Å²) in [5.41, 5.74) is 6.67. The van der Waals surface area contributed by atoms with E-state index in [0.29, 0.717) is 37.6 Å². The highest BCUT2D eigenvalue weighted by molar-refractivity contribution is 7.07. The summed E-state index contributed by atoms with van der Waals surface area (Å²) in [4.78, 5) is 47.8. The fourth-order valence-corrected chi connectivity index (χ4v) is 5.10. The van der Waals surface area contributed by atoms with Gasteiger partial charge in [0.1, 0.15) is 5.82 Å². The quantitative estimate of drug-likeness (QED) is 0.393. The number of nitrogens with zero attached hydrogens (tertiary/aromatic N) is 7. The first-order valence-electron chi connectivity index (χ1n) is 12.0. The highest BCUT2D eigenvalue weighted by Gasteiger charge is 2.30. The molecule has 5 heterocycles. The van der Waals surface area contributed by atoms with Gasteiger partial charge in [-0.2, -0.15) is 0 Å². The number of hydrogen-bond acceptors (Lipinski definition) is 8. The number of aromatic nitrogens is 4. The van der Waals surface area contributed by atoms with Gasteiger partial charge in [0.25, 0.3) is 0 Å². The van der Waals surface area contributed by atoms with Crippen molar-refractivity contribution in [2.75, 3.05) is 34.8 Å². The first-order valence-corrected chi connectivity index (χ1v) is 13.0. The number of pyridine rings is 1. The Labute approximate surface area is 217 Å². The molecule has 3 amide bonds. The number of carbonyl (C=O) groups is 2. The lowest BCUT2D eigenvalue weighted by Crippen LogP contribution is -2.31. The van der Waals surface area contributed by atoms with Crippen LogP contribution in [0.2, 0.25) is 0 Å². The molecular formula is C26H24N8O2S. The number of urea groups is 1. The Hall–Kier alpha value is -4.38. The number of amides is 3. The smallest absolute Gasteiger partial charge is 0.325 e. The predicted octanol–water partition coefficient (Wildman–Crippen LogP) is 4.31. The maximum absolute atomic E-state index is 12.9. The molecule has 2 fully saturated rings. The summed E-state index contributed by atoms with van der Waals surface area (Å²) in [6.07, 6.45) is 8.25. The normalized spacial score (nSPS) is 15.6. The van der Waals surface area contributed by atoms with Gasteiger partial charge in [0.2, 0.25) is 5.91 Å². The van der Waals surface area contributed by atoms with Gasteiger partial charge < -0.3 is 15.1 Å². The summed E-state index contributed by atoms with van der Waals surface area (Å²) in [6, 6.07) is 9.62. The lowest BCUT2D eigenvalue weighted by Gasteiger charge is -2.18. The van der Waals surface area contributed by atoms with Crippen molar-refractivity contribution < 1.29 is 9.59 Å². The number of rotatable bonds is 7. The summed E-state index contributed by atoms with van der Waals surface area (Å²) >= 11 is 1.52. The van der Waals surface area contributed by atoms with Gasteiger partial charge in [0.05, 0.1) is 59.6 Å². The SMILES string of the molecule is O=C1CCCN1c1ccc(-c2cnc(Nc3cncc(N4CCN(Cc5cscn5)C4=O)c3)cn2)cc1. The van der Waals surface area contributed by atoms with Crippen molar-refractivity contribution in [3.05, 3.63) is 71.7 Å². The molecule has 0 saturated carbocycles. The molecule has 0 bridgehead atoms. The monoisotopic (exact) mass is 512 g/mol. The van der Waals surface area contributed by atoms with E-state index in [9.17, 15) is 9.59 Å². The van der Waals surface area contributed by atoms with E-state index in [1.807, 2.05) is 40.6 Å². The first kappa shape index (κ1) is 23.0. The van der Waals surface area contributed by atoms with Crippen LogP contribution in [0.5, 0.6) is 0 Å². The minimum Gasteiger partial charge on any atom is -0.338 e. The molecule has 11 heteroatoms. The van der Waals surface area contributed by atoms with Crippen molar-refractivity contribution in [2.45, 2.75) is 19.4 Å². The summed E-state index contributed by atoms with van der Waals surface area (Å²) in [7, 11) is 0. The zero-order chi connectivity index (χ0) is 25.2. The molecule has 37 heavy (non-hydrogen) atoms. The molecule has 1 aromatic carbocycles. The van der Waals surface area contributed by atoms with Crippen LogP contribution < -0.4 is 15.1 Å². The molecule has 0 spiro atoms. The van der Waals surface area contributed by atoms with Crippen LogP contribution in [0.25, 0.3) is 11.3 Å². The number of hydrogen-bond donors (Lipinski definition) is 1. The molecule has 2 saturated heterocycles. The minimum absolute atomic E-state index is 0.0591. The van der Waals surface area contributed by atoms with Gasteiger partial charge in [-0.25, -0.2) is 14.8 Å². The van der Waals surface area contributed by atoms with Gasteiger partial charge in [0.15, 0.2) is 0 Å². The van der Waals surface area contributed by atoms with E-state index in [1.54, 1.807) is 40.1 Å². The fourth-order valence-electron chi connectivity index (χ4n) is 4.55. The van der Waals surface area contributed by atoms with Crippen LogP contribution in [0.1, 0.15) is 18.5 Å². The van der Waals surface area contributed by atoms with Crippen LogP contribution in [0.3, 0.4) is 0 Å². The van der Waals surface area contributed by atoms with E-state index in [0.717, 1.165) is 41.3 Å². The number of benzene rings is 1. The van der Waals surface area contributed by atoms with Crippen LogP contribution in [0, 0.1) is 0 Å². The van der Waals surface area contributed by atoms with Crippen molar-refractivity contribution in [1.29, 1.82) is 0 Å². The van der Waals surface area contributed by atoms with Crippen LogP contribution in [0.15, 0.2) is 66.0 Å². The van der Waals surface area contributed by atoms with Crippen molar-refractivity contribution in [3.63, 3.8) is 0 Å². The van der Waals surface area contributed by atoms with Gasteiger partial charge >= 0.3 is 6.03 Å². The molecule has 0 aliphatic carbocycles. The van der Waals surface area contributed by atoms with E-state index in [1.165, 1.54) is 11.3 Å². The van der Waals surface area contributed by atoms with Crippen molar-refractivity contribution >= 4 is 46.2 Å². The van der Waals surface area contributed by atoms with Gasteiger partial charge in [-0.15, -0.1) is 11.3 Å². The number of thiazole rings is 1. The molecule has 186 valence electrons. The minimum atomic E-state index is -0.0591. The second kappa shape index (κ2) is 9.94. The lowest BCUT2D eigenvalue weighted by atomic mass is 10.1. The molecule has 2 aliphatic rings. The Morgan fingerprint density at radius 3 is 2.51 bits per heavy atom. The molecule has 0 unspecified atom stereocenters. The summed E-state index contributed by atoms with van der Waals surface area (Å²) in [5, 5.41) is 5.18. The molecule has 10 nitrogen and oxygen atoms in total. The zero-order valence-electron chi connectivity index (χ0n) is 19.9. The van der Waals surface area contributed by atoms with E-state index in [2.05, 4.69) is 25.3 Å². The molecule has 3 aromatic heterocycles. The molecule has 4 aromatic rings. The van der Waals surface area contributed by atoms with Crippen molar-refractivity contribution in [2.24, 2.45) is 0 Å². The number of nitrogens with one attached hydrogen (secondary N) is 1. The number of carbonyl (C=O) groups excluding carboxylic acids is 2. The van der Waals surface area contributed by atoms with E-state index >= 15 is 0 Å². The second-order valence-electron chi connectivity index (χ2n) is 8.88. The van der Waals surface area contributed by atoms with Gasteiger partial charge in [-0.1, -0.05) is 12.1 Å². The average molecular weight is 513 g/mol. The Morgan fingerprint density at radius 2 is 1.78 bits per heavy atom. The van der Waals surface area contributed by atoms with Crippen LogP contribution in [-0.2, 0) is 11.3 Å². The third kappa shape index (κ3) is 4.85. The summed E-state index contributed by atoms with van der Waals surface area (Å²) in [6.45, 7) is 2.50. The van der Waals surface area contributed by atoms with Crippen LogP contribution >= 0.6 is 11.3 Å². The third-order valence-corrected chi connectivity index (χ3v) is 7.07. The third-order valence-electron chi connectivity index (χ3n) is 6.44. The standard InChI is InChI=1S/C26H24N8O2S/c35-25-2-1-7-33(25)21-5-3-18(4-6-21)23-13-29-24(14-28-23)31-19-10-22(12-27-11-19)34-9-8-32(26(34)36)15-20-16-37-17-30-20/h3-6,10-14,16-17H,1-2,7-9,15H2,(H,29,31). The zero-order valence-corrected chi connectivity index (χ0v) is 20.8. The molecular weight excluding hydrogens is 488 g/mol.